The summed E-state index contributed by atoms with van der Waals surface area (Å²) in [5.74, 6) is -1.39. The van der Waals surface area contributed by atoms with Crippen molar-refractivity contribution in [1.82, 2.24) is 0 Å². The highest BCUT2D eigenvalue weighted by Crippen LogP contribution is 2.16. The lowest BCUT2D eigenvalue weighted by Gasteiger charge is -2.07. The summed E-state index contributed by atoms with van der Waals surface area (Å²) < 4.78 is 29.1. The van der Waals surface area contributed by atoms with Crippen molar-refractivity contribution in [1.29, 1.82) is 0 Å². The number of ether oxygens (including phenoxy) is 1. The Labute approximate surface area is 102 Å². The van der Waals surface area contributed by atoms with Crippen LogP contribution in [0.25, 0.3) is 0 Å². The van der Waals surface area contributed by atoms with E-state index in [9.17, 15) is 18.4 Å². The Morgan fingerprint density at radius 2 is 1.89 bits per heavy atom. The summed E-state index contributed by atoms with van der Waals surface area (Å²) >= 11 is 0. The highest BCUT2D eigenvalue weighted by atomic mass is 19.3. The van der Waals surface area contributed by atoms with Crippen LogP contribution in [0.4, 0.5) is 14.5 Å². The fourth-order valence-corrected chi connectivity index (χ4v) is 1.10. The van der Waals surface area contributed by atoms with E-state index in [-0.39, 0.29) is 18.7 Å². The molecule has 18 heavy (non-hydrogen) atoms. The molecule has 0 spiro atoms. The average molecular weight is 258 g/mol. The number of nitrogens with two attached hydrogens (primary N) is 1. The number of nitrogens with one attached hydrogen (secondary N) is 1. The maximum absolute atomic E-state index is 12.0. The van der Waals surface area contributed by atoms with Crippen molar-refractivity contribution in [2.45, 2.75) is 12.8 Å². The summed E-state index contributed by atoms with van der Waals surface area (Å²) in [7, 11) is 0. The number of carbonyl (C=O) groups is 2. The molecule has 5 nitrogen and oxygen atoms in total. The van der Waals surface area contributed by atoms with Gasteiger partial charge < -0.3 is 15.8 Å². The van der Waals surface area contributed by atoms with Crippen LogP contribution in [-0.2, 0) is 9.59 Å². The zero-order chi connectivity index (χ0) is 13.5. The number of primary amides is 1. The summed E-state index contributed by atoms with van der Waals surface area (Å²) in [5, 5.41) is 2.02. The van der Waals surface area contributed by atoms with Crippen molar-refractivity contribution in [2.75, 3.05) is 11.9 Å². The van der Waals surface area contributed by atoms with Crippen molar-refractivity contribution in [3.05, 3.63) is 24.3 Å². The van der Waals surface area contributed by atoms with Gasteiger partial charge in [-0.1, -0.05) is 0 Å². The molecule has 0 aliphatic rings. The second-order valence-electron chi connectivity index (χ2n) is 3.38. The molecule has 0 atom stereocenters. The first-order chi connectivity index (χ1) is 8.49. The molecule has 1 rings (SSSR count). The topological polar surface area (TPSA) is 81.4 Å². The number of carbonyl (C=O) groups excluding carboxylic acids is 2. The summed E-state index contributed by atoms with van der Waals surface area (Å²) in [6, 6.07) is 5.81. The fraction of sp³-hybridized carbons (Fsp3) is 0.273. The number of benzene rings is 1. The lowest BCUT2D eigenvalue weighted by atomic mass is 10.3. The molecule has 0 aliphatic heterocycles. The van der Waals surface area contributed by atoms with Gasteiger partial charge in [-0.2, -0.15) is 8.78 Å². The molecule has 0 radical (unpaired) electrons. The lowest BCUT2D eigenvalue weighted by molar-refractivity contribution is -0.126. The summed E-state index contributed by atoms with van der Waals surface area (Å²) in [5.41, 5.74) is 5.16. The van der Waals surface area contributed by atoms with Crippen LogP contribution >= 0.6 is 0 Å². The van der Waals surface area contributed by atoms with Gasteiger partial charge in [0.05, 0.1) is 13.0 Å². The van der Waals surface area contributed by atoms with Gasteiger partial charge >= 0.3 is 6.43 Å². The quantitative estimate of drug-likeness (QED) is 0.802. The van der Waals surface area contributed by atoms with E-state index in [4.69, 9.17) is 10.5 Å². The molecular weight excluding hydrogens is 246 g/mol. The maximum atomic E-state index is 12.0. The summed E-state index contributed by atoms with van der Waals surface area (Å²) in [4.78, 5) is 21.2. The van der Waals surface area contributed by atoms with Gasteiger partial charge in [-0.15, -0.1) is 0 Å². The Bertz CT molecular complexity index is 421. The smallest absolute Gasteiger partial charge is 0.315 e. The van der Waals surface area contributed by atoms with Gasteiger partial charge in [0.1, 0.15) is 5.75 Å². The number of hydrogen-bond acceptors (Lipinski definition) is 3. The number of rotatable bonds is 6. The molecule has 7 heteroatoms. The Morgan fingerprint density at radius 1 is 1.28 bits per heavy atom. The normalized spacial score (nSPS) is 10.2. The van der Waals surface area contributed by atoms with E-state index in [1.165, 1.54) is 24.3 Å². The summed E-state index contributed by atoms with van der Waals surface area (Å²) in [6.45, 7) is 0.137. The van der Waals surface area contributed by atoms with Crippen molar-refractivity contribution in [3.8, 4) is 5.75 Å². The van der Waals surface area contributed by atoms with E-state index in [1.807, 2.05) is 5.32 Å². The van der Waals surface area contributed by atoms with Crippen LogP contribution in [-0.4, -0.2) is 24.8 Å². The van der Waals surface area contributed by atoms with Gasteiger partial charge in [0, 0.05) is 5.69 Å². The van der Waals surface area contributed by atoms with Crippen LogP contribution in [0.2, 0.25) is 0 Å². The lowest BCUT2D eigenvalue weighted by Crippen LogP contribution is -2.19. The largest absolute Gasteiger partial charge is 0.493 e. The van der Waals surface area contributed by atoms with E-state index >= 15 is 0 Å². The molecule has 2 amide bonds. The highest BCUT2D eigenvalue weighted by molar-refractivity contribution is 5.93. The standard InChI is InChI=1S/C11H12F2N2O3/c12-10(13)11(17)15-7-1-3-8(4-2-7)18-6-5-9(14)16/h1-4,10H,5-6H2,(H2,14,16)(H,15,17). The van der Waals surface area contributed by atoms with E-state index in [0.29, 0.717) is 5.75 Å². The van der Waals surface area contributed by atoms with Crippen LogP contribution < -0.4 is 15.8 Å². The number of hydrogen-bond donors (Lipinski definition) is 2. The minimum absolute atomic E-state index is 0.0872. The van der Waals surface area contributed by atoms with E-state index in [2.05, 4.69) is 0 Å². The first-order valence-electron chi connectivity index (χ1n) is 5.09. The van der Waals surface area contributed by atoms with Gasteiger partial charge in [-0.25, -0.2) is 0 Å². The maximum Gasteiger partial charge on any atom is 0.315 e. The van der Waals surface area contributed by atoms with E-state index < -0.39 is 18.2 Å². The Balaban J connectivity index is 2.47. The molecule has 0 heterocycles. The van der Waals surface area contributed by atoms with Crippen LogP contribution in [0.3, 0.4) is 0 Å². The van der Waals surface area contributed by atoms with Gasteiger partial charge in [0.15, 0.2) is 0 Å². The van der Waals surface area contributed by atoms with Crippen LogP contribution in [0, 0.1) is 0 Å². The second kappa shape index (κ2) is 6.53. The molecule has 0 aromatic heterocycles. The SMILES string of the molecule is NC(=O)CCOc1ccc(NC(=O)C(F)F)cc1. The molecule has 0 saturated carbocycles. The predicted molar refractivity (Wildman–Crippen MR) is 60.4 cm³/mol. The van der Waals surface area contributed by atoms with Gasteiger partial charge in [-0.3, -0.25) is 9.59 Å². The minimum Gasteiger partial charge on any atom is -0.493 e. The molecule has 0 fully saturated rings. The molecule has 0 saturated heterocycles. The van der Waals surface area contributed by atoms with Gasteiger partial charge in [-0.05, 0) is 24.3 Å². The monoisotopic (exact) mass is 258 g/mol. The molecule has 0 bridgehead atoms. The molecule has 0 aliphatic carbocycles. The Hall–Kier alpha value is -2.18. The third-order valence-electron chi connectivity index (χ3n) is 1.94. The van der Waals surface area contributed by atoms with Crippen molar-refractivity contribution in [3.63, 3.8) is 0 Å². The number of amides is 2. The fourth-order valence-electron chi connectivity index (χ4n) is 1.10. The van der Waals surface area contributed by atoms with Gasteiger partial charge in [0.2, 0.25) is 5.91 Å². The minimum atomic E-state index is -3.06. The summed E-state index contributed by atoms with van der Waals surface area (Å²) in [6.07, 6.45) is -2.97. The van der Waals surface area contributed by atoms with Gasteiger partial charge in [0.25, 0.3) is 5.91 Å². The molecule has 1 aromatic rings. The molecule has 3 N–H and O–H groups in total. The second-order valence-corrected chi connectivity index (χ2v) is 3.38. The van der Waals surface area contributed by atoms with E-state index in [1.54, 1.807) is 0 Å². The molecule has 98 valence electrons. The third-order valence-corrected chi connectivity index (χ3v) is 1.94. The number of alkyl halides is 2. The Kier molecular flexibility index (Phi) is 5.04. The Morgan fingerprint density at radius 3 is 2.39 bits per heavy atom. The molecule has 1 aromatic carbocycles. The highest BCUT2D eigenvalue weighted by Gasteiger charge is 2.14. The predicted octanol–water partition coefficient (Wildman–Crippen LogP) is 1.14. The number of halogens is 2. The van der Waals surface area contributed by atoms with Crippen LogP contribution in [0.1, 0.15) is 6.42 Å². The van der Waals surface area contributed by atoms with E-state index in [0.717, 1.165) is 0 Å². The van der Waals surface area contributed by atoms with Crippen molar-refractivity contribution < 1.29 is 23.1 Å². The molecular formula is C11H12F2N2O3. The third kappa shape index (κ3) is 4.77. The molecule has 0 unspecified atom stereocenters. The van der Waals surface area contributed by atoms with Crippen molar-refractivity contribution >= 4 is 17.5 Å². The van der Waals surface area contributed by atoms with Crippen molar-refractivity contribution in [2.24, 2.45) is 5.73 Å². The van der Waals surface area contributed by atoms with Crippen LogP contribution in [0.5, 0.6) is 5.75 Å². The first-order valence-corrected chi connectivity index (χ1v) is 5.09. The zero-order valence-electron chi connectivity index (χ0n) is 9.36. The average Bonchev–Trinajstić information content (AvgIpc) is 2.30. The number of anilines is 1. The van der Waals surface area contributed by atoms with Crippen LogP contribution in [0.15, 0.2) is 24.3 Å². The first kappa shape index (κ1) is 13.9. The zero-order valence-corrected chi connectivity index (χ0v) is 9.36.